The number of anilines is 1. The molecule has 2 aliphatic rings. The maximum absolute atomic E-state index is 11.7. The van der Waals surface area contributed by atoms with Gasteiger partial charge in [-0.2, -0.15) is 0 Å². The molecule has 0 aromatic carbocycles. The second-order valence-electron chi connectivity index (χ2n) is 5.34. The lowest BCUT2D eigenvalue weighted by atomic mass is 9.92. The molecule has 2 heterocycles. The van der Waals surface area contributed by atoms with E-state index in [-0.39, 0.29) is 18.7 Å². The molecule has 9 heteroatoms. The molecule has 1 saturated heterocycles. The van der Waals surface area contributed by atoms with E-state index in [4.69, 9.17) is 16.3 Å². The Morgan fingerprint density at radius 3 is 2.71 bits per heavy atom. The summed E-state index contributed by atoms with van der Waals surface area (Å²) in [7, 11) is 0. The van der Waals surface area contributed by atoms with Crippen molar-refractivity contribution in [1.29, 1.82) is 0 Å². The maximum atomic E-state index is 11.7. The van der Waals surface area contributed by atoms with Crippen LogP contribution in [0.1, 0.15) is 12.8 Å². The van der Waals surface area contributed by atoms with Crippen LogP contribution in [0, 0.1) is 11.8 Å². The summed E-state index contributed by atoms with van der Waals surface area (Å²) in [6.07, 6.45) is 1.90. The third-order valence-corrected chi connectivity index (χ3v) is 5.66. The molecule has 21 heavy (non-hydrogen) atoms. The number of carbonyl (C=O) groups is 1. The Morgan fingerprint density at radius 2 is 2.14 bits per heavy atom. The standard InChI is InChI=1S/C12H16BrClN4O2S/c13-10-16-17-11(21-10)18-5-7-1-2-8(6-18)9(7)15-12(19)20-4-3-14/h7-9H,1-6H2,(H,15,19)/t7-,8+,9-. The number of hydrogen-bond donors (Lipinski definition) is 1. The Morgan fingerprint density at radius 1 is 1.43 bits per heavy atom. The summed E-state index contributed by atoms with van der Waals surface area (Å²) in [5, 5.41) is 12.1. The fraction of sp³-hybridized carbons (Fsp3) is 0.750. The van der Waals surface area contributed by atoms with Crippen molar-refractivity contribution in [2.75, 3.05) is 30.5 Å². The summed E-state index contributed by atoms with van der Waals surface area (Å²) in [5.41, 5.74) is 0. The molecule has 1 aromatic rings. The van der Waals surface area contributed by atoms with Crippen molar-refractivity contribution in [2.24, 2.45) is 11.8 Å². The second-order valence-corrected chi connectivity index (χ2v) is 7.95. The summed E-state index contributed by atoms with van der Waals surface area (Å²) in [5.74, 6) is 1.20. The summed E-state index contributed by atoms with van der Waals surface area (Å²) in [6.45, 7) is 2.05. The molecule has 3 rings (SSSR count). The van der Waals surface area contributed by atoms with Gasteiger partial charge >= 0.3 is 6.09 Å². The monoisotopic (exact) mass is 394 g/mol. The number of nitrogens with zero attached hydrogens (tertiary/aromatic N) is 3. The van der Waals surface area contributed by atoms with E-state index >= 15 is 0 Å². The van der Waals surface area contributed by atoms with E-state index in [1.54, 1.807) is 11.3 Å². The zero-order valence-electron chi connectivity index (χ0n) is 11.3. The molecule has 1 N–H and O–H groups in total. The van der Waals surface area contributed by atoms with Crippen LogP contribution in [-0.4, -0.2) is 47.9 Å². The van der Waals surface area contributed by atoms with Crippen molar-refractivity contribution >= 4 is 50.1 Å². The molecule has 1 aliphatic heterocycles. The van der Waals surface area contributed by atoms with Crippen molar-refractivity contribution in [3.63, 3.8) is 0 Å². The molecular weight excluding hydrogens is 380 g/mol. The number of halogens is 2. The van der Waals surface area contributed by atoms with Crippen LogP contribution in [-0.2, 0) is 4.74 Å². The lowest BCUT2D eigenvalue weighted by Crippen LogP contribution is -2.52. The van der Waals surface area contributed by atoms with Crippen molar-refractivity contribution in [3.8, 4) is 0 Å². The Kier molecular flexibility index (Phi) is 4.85. The number of alkyl halides is 1. The van der Waals surface area contributed by atoms with Crippen LogP contribution < -0.4 is 10.2 Å². The van der Waals surface area contributed by atoms with Gasteiger partial charge in [-0.1, -0.05) is 11.3 Å². The molecule has 0 spiro atoms. The van der Waals surface area contributed by atoms with Crippen molar-refractivity contribution in [3.05, 3.63) is 3.92 Å². The van der Waals surface area contributed by atoms with Gasteiger partial charge in [-0.15, -0.1) is 21.8 Å². The Hall–Kier alpha value is -0.600. The van der Waals surface area contributed by atoms with E-state index in [2.05, 4.69) is 36.3 Å². The smallest absolute Gasteiger partial charge is 0.407 e. The third-order valence-electron chi connectivity index (χ3n) is 4.09. The number of ether oxygens (including phenoxy) is 1. The zero-order chi connectivity index (χ0) is 14.8. The number of rotatable bonds is 4. The normalized spacial score (nSPS) is 27.7. The van der Waals surface area contributed by atoms with Crippen molar-refractivity contribution in [2.45, 2.75) is 18.9 Å². The molecule has 2 fully saturated rings. The number of nitrogens with one attached hydrogen (secondary N) is 1. The van der Waals surface area contributed by atoms with Gasteiger partial charge in [-0.3, -0.25) is 0 Å². The van der Waals surface area contributed by atoms with Gasteiger partial charge in [0.1, 0.15) is 6.61 Å². The average molecular weight is 396 g/mol. The zero-order valence-corrected chi connectivity index (χ0v) is 14.5. The van der Waals surface area contributed by atoms with E-state index in [9.17, 15) is 4.79 Å². The van der Waals surface area contributed by atoms with Gasteiger partial charge in [-0.05, 0) is 40.6 Å². The Balaban J connectivity index is 1.60. The lowest BCUT2D eigenvalue weighted by Gasteiger charge is -2.37. The molecule has 0 radical (unpaired) electrons. The first kappa shape index (κ1) is 15.3. The largest absolute Gasteiger partial charge is 0.448 e. The van der Waals surface area contributed by atoms with Crippen LogP contribution in [0.5, 0.6) is 0 Å². The molecule has 116 valence electrons. The van der Waals surface area contributed by atoms with Gasteiger partial charge in [0.05, 0.1) is 5.88 Å². The van der Waals surface area contributed by atoms with E-state index in [0.29, 0.717) is 17.7 Å². The minimum atomic E-state index is -0.357. The number of aromatic nitrogens is 2. The number of piperidine rings is 1. The highest BCUT2D eigenvalue weighted by Gasteiger charge is 2.43. The van der Waals surface area contributed by atoms with Gasteiger partial charge in [0, 0.05) is 19.1 Å². The topological polar surface area (TPSA) is 67.4 Å². The average Bonchev–Trinajstić information content (AvgIpc) is 2.98. The van der Waals surface area contributed by atoms with Crippen LogP contribution in [0.4, 0.5) is 9.93 Å². The SMILES string of the molecule is O=C(N[C@@H]1[C@@H]2CC[C@H]1CN(c1nnc(Br)s1)C2)OCCCl. The number of fused-ring (bicyclic) bond motifs is 2. The number of amides is 1. The van der Waals surface area contributed by atoms with Crippen molar-refractivity contribution < 1.29 is 9.53 Å². The van der Waals surface area contributed by atoms with Gasteiger partial charge in [0.2, 0.25) is 5.13 Å². The lowest BCUT2D eigenvalue weighted by molar-refractivity contribution is 0.140. The van der Waals surface area contributed by atoms with Crippen LogP contribution in [0.15, 0.2) is 3.92 Å². The molecular formula is C12H16BrClN4O2S. The predicted octanol–water partition coefficient (Wildman–Crippen LogP) is 2.48. The van der Waals surface area contributed by atoms with Crippen LogP contribution >= 0.6 is 38.9 Å². The minimum Gasteiger partial charge on any atom is -0.448 e. The molecule has 0 unspecified atom stereocenters. The number of carbonyl (C=O) groups excluding carboxylic acids is 1. The van der Waals surface area contributed by atoms with E-state index in [0.717, 1.165) is 35.0 Å². The summed E-state index contributed by atoms with van der Waals surface area (Å²) in [4.78, 5) is 14.0. The molecule has 1 amide bonds. The minimum absolute atomic E-state index is 0.195. The highest BCUT2D eigenvalue weighted by Crippen LogP contribution is 2.39. The fourth-order valence-corrected chi connectivity index (χ4v) is 4.43. The van der Waals surface area contributed by atoms with Gasteiger partial charge in [-0.25, -0.2) is 4.79 Å². The molecule has 1 aromatic heterocycles. The first-order chi connectivity index (χ1) is 10.2. The van der Waals surface area contributed by atoms with Gasteiger partial charge < -0.3 is 15.0 Å². The summed E-state index contributed by atoms with van der Waals surface area (Å²) >= 11 is 10.4. The quantitative estimate of drug-likeness (QED) is 0.793. The maximum Gasteiger partial charge on any atom is 0.407 e. The second kappa shape index (κ2) is 6.66. The molecule has 3 atom stereocenters. The van der Waals surface area contributed by atoms with Crippen molar-refractivity contribution in [1.82, 2.24) is 15.5 Å². The van der Waals surface area contributed by atoms with Crippen LogP contribution in [0.25, 0.3) is 0 Å². The van der Waals surface area contributed by atoms with Gasteiger partial charge in [0.15, 0.2) is 3.92 Å². The predicted molar refractivity (Wildman–Crippen MR) is 85.0 cm³/mol. The summed E-state index contributed by atoms with van der Waals surface area (Å²) < 4.78 is 5.81. The number of hydrogen-bond acceptors (Lipinski definition) is 6. The molecule has 1 aliphatic carbocycles. The van der Waals surface area contributed by atoms with E-state index < -0.39 is 0 Å². The molecule has 2 bridgehead atoms. The fourth-order valence-electron chi connectivity index (χ4n) is 3.25. The van der Waals surface area contributed by atoms with Gasteiger partial charge in [0.25, 0.3) is 0 Å². The third kappa shape index (κ3) is 3.43. The Bertz CT molecular complexity index is 503. The highest BCUT2D eigenvalue weighted by molar-refractivity contribution is 9.11. The highest BCUT2D eigenvalue weighted by atomic mass is 79.9. The Labute approximate surface area is 140 Å². The molecule has 1 saturated carbocycles. The summed E-state index contributed by atoms with van der Waals surface area (Å²) in [6, 6.07) is 0.195. The van der Waals surface area contributed by atoms with E-state index in [1.807, 2.05) is 0 Å². The number of alkyl carbamates (subject to hydrolysis) is 1. The van der Waals surface area contributed by atoms with Crippen LogP contribution in [0.3, 0.4) is 0 Å². The first-order valence-corrected chi connectivity index (χ1v) is 9.05. The van der Waals surface area contributed by atoms with E-state index in [1.165, 1.54) is 0 Å². The van der Waals surface area contributed by atoms with Crippen LogP contribution in [0.2, 0.25) is 0 Å². The first-order valence-electron chi connectivity index (χ1n) is 6.90. The molecule has 6 nitrogen and oxygen atoms in total.